The van der Waals surface area contributed by atoms with Crippen molar-refractivity contribution in [1.82, 2.24) is 18.7 Å². The molecule has 1 N–H and O–H groups in total. The maximum absolute atomic E-state index is 14.3. The second kappa shape index (κ2) is 4.85. The highest BCUT2D eigenvalue weighted by Gasteiger charge is 2.16. The van der Waals surface area contributed by atoms with Gasteiger partial charge in [-0.15, -0.1) is 0 Å². The van der Waals surface area contributed by atoms with Crippen molar-refractivity contribution in [3.63, 3.8) is 0 Å². The zero-order valence-electron chi connectivity index (χ0n) is 11.4. The number of fused-ring (bicyclic) bond motifs is 1. The van der Waals surface area contributed by atoms with Crippen LogP contribution in [0.3, 0.4) is 0 Å². The van der Waals surface area contributed by atoms with Crippen LogP contribution in [0.15, 0.2) is 26.5 Å². The maximum atomic E-state index is 14.3. The number of nitrogens with zero attached hydrogens (tertiary/aromatic N) is 3. The summed E-state index contributed by atoms with van der Waals surface area (Å²) in [6, 6.07) is 2.37. The molecule has 0 spiro atoms. The Morgan fingerprint density at radius 1 is 1.14 bits per heavy atom. The van der Waals surface area contributed by atoms with Gasteiger partial charge in [0.25, 0.3) is 0 Å². The molecule has 2 aromatic heterocycles. The monoisotopic (exact) mass is 340 g/mol. The van der Waals surface area contributed by atoms with Gasteiger partial charge in [0.1, 0.15) is 5.82 Å². The molecule has 2 heterocycles. The first-order chi connectivity index (χ1) is 10.3. The standard InChI is InChI=1S/C12H9FN4O3S2/c1-15-10(19)17(11(20)16(2)12(15)21)7-4-6-8(3-5(7)13)22-9(18)14-6/h3-4H,1-2H3,(H,14,18). The van der Waals surface area contributed by atoms with Crippen LogP contribution in [-0.4, -0.2) is 18.7 Å². The van der Waals surface area contributed by atoms with Crippen molar-refractivity contribution in [2.75, 3.05) is 0 Å². The molecule has 0 atom stereocenters. The van der Waals surface area contributed by atoms with E-state index < -0.39 is 17.2 Å². The zero-order valence-corrected chi connectivity index (χ0v) is 13.0. The largest absolute Gasteiger partial charge is 0.338 e. The Balaban J connectivity index is 2.50. The molecule has 3 aromatic rings. The molecule has 1 aromatic carbocycles. The highest BCUT2D eigenvalue weighted by atomic mass is 32.1. The minimum Gasteiger partial charge on any atom is -0.312 e. The molecule has 0 saturated carbocycles. The van der Waals surface area contributed by atoms with Gasteiger partial charge in [0, 0.05) is 14.1 Å². The molecule has 0 fully saturated rings. The fraction of sp³-hybridized carbons (Fsp3) is 0.167. The van der Waals surface area contributed by atoms with E-state index in [-0.39, 0.29) is 15.3 Å². The molecule has 3 rings (SSSR count). The van der Waals surface area contributed by atoms with Gasteiger partial charge >= 0.3 is 16.3 Å². The van der Waals surface area contributed by atoms with Crippen LogP contribution < -0.4 is 16.3 Å². The Hall–Kier alpha value is -2.33. The lowest BCUT2D eigenvalue weighted by Gasteiger charge is -2.11. The van der Waals surface area contributed by atoms with E-state index in [1.54, 1.807) is 0 Å². The molecule has 0 amide bonds. The smallest absolute Gasteiger partial charge is 0.312 e. The Kier molecular flexibility index (Phi) is 3.22. The van der Waals surface area contributed by atoms with Crippen LogP contribution >= 0.6 is 23.6 Å². The van der Waals surface area contributed by atoms with Crippen LogP contribution in [0.4, 0.5) is 4.39 Å². The molecule has 0 aliphatic heterocycles. The van der Waals surface area contributed by atoms with E-state index in [9.17, 15) is 18.8 Å². The van der Waals surface area contributed by atoms with Crippen molar-refractivity contribution in [1.29, 1.82) is 0 Å². The van der Waals surface area contributed by atoms with Gasteiger partial charge in [0.2, 0.25) is 0 Å². The summed E-state index contributed by atoms with van der Waals surface area (Å²) in [6.07, 6.45) is 0. The number of benzene rings is 1. The summed E-state index contributed by atoms with van der Waals surface area (Å²) in [4.78, 5) is 38.0. The van der Waals surface area contributed by atoms with Crippen LogP contribution in [0.2, 0.25) is 0 Å². The van der Waals surface area contributed by atoms with E-state index >= 15 is 0 Å². The van der Waals surface area contributed by atoms with E-state index in [1.165, 1.54) is 20.2 Å². The lowest BCUT2D eigenvalue weighted by Crippen LogP contribution is -2.43. The minimum absolute atomic E-state index is 0.0247. The predicted octanol–water partition coefficient (Wildman–Crippen LogP) is 0.646. The highest BCUT2D eigenvalue weighted by molar-refractivity contribution is 7.71. The summed E-state index contributed by atoms with van der Waals surface area (Å²) >= 11 is 5.81. The van der Waals surface area contributed by atoms with Gasteiger partial charge in [-0.3, -0.25) is 13.9 Å². The van der Waals surface area contributed by atoms with Crippen molar-refractivity contribution in [3.8, 4) is 5.69 Å². The van der Waals surface area contributed by atoms with E-state index in [0.29, 0.717) is 14.8 Å². The van der Waals surface area contributed by atoms with Gasteiger partial charge in [-0.25, -0.2) is 18.5 Å². The van der Waals surface area contributed by atoms with Gasteiger partial charge in [-0.2, -0.15) is 0 Å². The Morgan fingerprint density at radius 2 is 1.73 bits per heavy atom. The summed E-state index contributed by atoms with van der Waals surface area (Å²) < 4.78 is 17.5. The summed E-state index contributed by atoms with van der Waals surface area (Å²) in [6.45, 7) is 0. The third-order valence-electron chi connectivity index (χ3n) is 3.26. The molecule has 114 valence electrons. The molecule has 10 heteroatoms. The van der Waals surface area contributed by atoms with Gasteiger partial charge in [0.05, 0.1) is 15.9 Å². The summed E-state index contributed by atoms with van der Waals surface area (Å²) in [7, 11) is 2.78. The first kappa shape index (κ1) is 14.6. The molecule has 0 aliphatic rings. The maximum Gasteiger partial charge on any atom is 0.338 e. The fourth-order valence-corrected chi connectivity index (χ4v) is 3.01. The van der Waals surface area contributed by atoms with E-state index in [4.69, 9.17) is 12.2 Å². The van der Waals surface area contributed by atoms with E-state index in [0.717, 1.165) is 26.5 Å². The number of thiazole rings is 1. The lowest BCUT2D eigenvalue weighted by molar-refractivity contribution is 0.572. The minimum atomic E-state index is -0.779. The van der Waals surface area contributed by atoms with Gasteiger partial charge in [0.15, 0.2) is 4.77 Å². The quantitative estimate of drug-likeness (QED) is 0.660. The first-order valence-electron chi connectivity index (χ1n) is 6.03. The summed E-state index contributed by atoms with van der Waals surface area (Å²) in [5.74, 6) is -0.779. The first-order valence-corrected chi connectivity index (χ1v) is 7.25. The number of H-pyrrole nitrogens is 1. The third kappa shape index (κ3) is 1.99. The van der Waals surface area contributed by atoms with Crippen molar-refractivity contribution in [2.45, 2.75) is 0 Å². The summed E-state index contributed by atoms with van der Waals surface area (Å²) in [5.41, 5.74) is -1.41. The number of rotatable bonds is 1. The molecule has 0 bridgehead atoms. The van der Waals surface area contributed by atoms with Crippen molar-refractivity contribution in [2.24, 2.45) is 14.1 Å². The van der Waals surface area contributed by atoms with Gasteiger partial charge in [-0.1, -0.05) is 11.3 Å². The van der Waals surface area contributed by atoms with Crippen LogP contribution in [0.25, 0.3) is 15.9 Å². The van der Waals surface area contributed by atoms with Crippen LogP contribution in [0.1, 0.15) is 0 Å². The average molecular weight is 340 g/mol. The second-order valence-corrected chi connectivity index (χ2v) is 6.00. The fourth-order valence-electron chi connectivity index (χ4n) is 2.11. The van der Waals surface area contributed by atoms with Crippen LogP contribution in [0, 0.1) is 10.6 Å². The molecule has 22 heavy (non-hydrogen) atoms. The third-order valence-corrected chi connectivity index (χ3v) is 4.65. The highest BCUT2D eigenvalue weighted by Crippen LogP contribution is 2.20. The van der Waals surface area contributed by atoms with Gasteiger partial charge < -0.3 is 4.98 Å². The van der Waals surface area contributed by atoms with Gasteiger partial charge in [-0.05, 0) is 24.4 Å². The Labute approximate surface area is 130 Å². The number of aromatic amines is 1. The van der Waals surface area contributed by atoms with Crippen molar-refractivity contribution < 1.29 is 4.39 Å². The Morgan fingerprint density at radius 3 is 2.32 bits per heavy atom. The molecular weight excluding hydrogens is 331 g/mol. The lowest BCUT2D eigenvalue weighted by atomic mass is 10.3. The molecule has 0 radical (unpaired) electrons. The Bertz CT molecular complexity index is 1110. The molecule has 0 saturated heterocycles. The molecule has 0 aliphatic carbocycles. The normalized spacial score (nSPS) is 11.2. The average Bonchev–Trinajstić information content (AvgIpc) is 2.82. The van der Waals surface area contributed by atoms with E-state index in [2.05, 4.69) is 4.98 Å². The topological polar surface area (TPSA) is 81.8 Å². The van der Waals surface area contributed by atoms with Crippen LogP contribution in [-0.2, 0) is 14.1 Å². The number of nitrogens with one attached hydrogen (secondary N) is 1. The molecule has 0 unspecified atom stereocenters. The van der Waals surface area contributed by atoms with Crippen LogP contribution in [0.5, 0.6) is 0 Å². The van der Waals surface area contributed by atoms with Crippen molar-refractivity contribution >= 4 is 33.8 Å². The number of halogens is 1. The second-order valence-electron chi connectivity index (χ2n) is 4.62. The number of aromatic nitrogens is 4. The SMILES string of the molecule is Cn1c(=S)n(C)c(=O)n(-c2cc3[nH]c(=O)sc3cc2F)c1=O. The molecular formula is C12H9FN4O3S2. The molecule has 7 nitrogen and oxygen atoms in total. The number of hydrogen-bond donors (Lipinski definition) is 1. The summed E-state index contributed by atoms with van der Waals surface area (Å²) in [5, 5.41) is 0. The number of hydrogen-bond acceptors (Lipinski definition) is 5. The zero-order chi connectivity index (χ0) is 16.2. The van der Waals surface area contributed by atoms with Crippen molar-refractivity contribution in [3.05, 3.63) is 53.4 Å². The van der Waals surface area contributed by atoms with E-state index in [1.807, 2.05) is 0 Å². The predicted molar refractivity (Wildman–Crippen MR) is 83.0 cm³/mol.